The van der Waals surface area contributed by atoms with Crippen LogP contribution in [0.2, 0.25) is 0 Å². The van der Waals surface area contributed by atoms with Crippen LogP contribution in [-0.2, 0) is 30.6 Å². The first-order valence-corrected chi connectivity index (χ1v) is 15.0. The van der Waals surface area contributed by atoms with Gasteiger partial charge in [0.25, 0.3) is 0 Å². The number of rotatable bonds is 7. The van der Waals surface area contributed by atoms with E-state index >= 15 is 0 Å². The molecular weight excluding hydrogens is 599 g/mol. The number of nitrogens with zero attached hydrogens (tertiary/aromatic N) is 1. The van der Waals surface area contributed by atoms with E-state index in [-0.39, 0.29) is 6.42 Å². The summed E-state index contributed by atoms with van der Waals surface area (Å²) in [5.41, 5.74) is 3.95. The van der Waals surface area contributed by atoms with Crippen LogP contribution in [0.25, 0.3) is 0 Å². The Labute approximate surface area is 264 Å². The molecule has 3 atom stereocenters. The molecule has 9 heteroatoms. The molecule has 1 heterocycles. The van der Waals surface area contributed by atoms with Gasteiger partial charge in [0.05, 0.1) is 31.7 Å². The number of ether oxygens (including phenoxy) is 2. The first kappa shape index (κ1) is 28.4. The lowest BCUT2D eigenvalue weighted by Gasteiger charge is -2.54. The van der Waals surface area contributed by atoms with Crippen LogP contribution in [-0.4, -0.2) is 42.9 Å². The molecule has 0 aromatic heterocycles. The van der Waals surface area contributed by atoms with E-state index < -0.39 is 45.3 Å². The van der Waals surface area contributed by atoms with E-state index in [1.165, 1.54) is 14.2 Å². The van der Waals surface area contributed by atoms with Gasteiger partial charge < -0.3 is 14.8 Å². The van der Waals surface area contributed by atoms with Crippen LogP contribution in [0.3, 0.4) is 0 Å². The van der Waals surface area contributed by atoms with Gasteiger partial charge in [-0.2, -0.15) is 0 Å². The molecule has 1 N–H and O–H groups in total. The van der Waals surface area contributed by atoms with Gasteiger partial charge in [-0.25, -0.2) is 0 Å². The lowest BCUT2D eigenvalue weighted by molar-refractivity contribution is -0.146. The minimum Gasteiger partial charge on any atom is -0.497 e. The zero-order chi connectivity index (χ0) is 30.8. The molecule has 4 aromatic carbocycles. The molecule has 222 valence electrons. The van der Waals surface area contributed by atoms with Gasteiger partial charge in [-0.15, -0.1) is 23.2 Å². The van der Waals surface area contributed by atoms with E-state index in [2.05, 4.69) is 5.32 Å². The summed E-state index contributed by atoms with van der Waals surface area (Å²) in [6.07, 6.45) is 0.0898. The summed E-state index contributed by atoms with van der Waals surface area (Å²) in [5.74, 6) is -2.71. The lowest BCUT2D eigenvalue weighted by atomic mass is 9.54. The van der Waals surface area contributed by atoms with E-state index in [1.807, 2.05) is 78.9 Å². The Morgan fingerprint density at radius 1 is 0.773 bits per heavy atom. The molecular formula is C35H28Cl2N2O5. The summed E-state index contributed by atoms with van der Waals surface area (Å²) in [6, 6.07) is 28.0. The second-order valence-electron chi connectivity index (χ2n) is 11.3. The fourth-order valence-electron chi connectivity index (χ4n) is 7.25. The number of nitrogens with one attached hydrogen (secondary N) is 1. The van der Waals surface area contributed by atoms with Gasteiger partial charge in [-0.05, 0) is 39.9 Å². The third-order valence-corrected chi connectivity index (χ3v) is 10.5. The number of amides is 3. The number of carbonyl (C=O) groups is 3. The maximum atomic E-state index is 14.6. The maximum absolute atomic E-state index is 14.6. The van der Waals surface area contributed by atoms with Gasteiger partial charge in [0.1, 0.15) is 27.3 Å². The standard InChI is InChI=1S/C35H28Cl2N2O5/c1-43-21-16-17-26(28(19-21)44-2)38-31(40)27(18-20-10-4-3-5-11-20)39-32(41)29-30(33(39)42)35(37)23-13-7-6-12-22(23)34(29,36)24-14-8-9-15-25(24)35/h3-17,19,27,29-30H,18H2,1-2H3,(H,38,40)/t27-,29-,30+,34?,35?/m0/s1. The van der Waals surface area contributed by atoms with Crippen LogP contribution in [0.15, 0.2) is 97.1 Å². The molecule has 7 nitrogen and oxygen atoms in total. The fourth-order valence-corrected chi connectivity index (χ4v) is 8.35. The number of hydrogen-bond acceptors (Lipinski definition) is 5. The molecule has 1 aliphatic heterocycles. The molecule has 0 unspecified atom stereocenters. The van der Waals surface area contributed by atoms with E-state index in [0.717, 1.165) is 10.5 Å². The van der Waals surface area contributed by atoms with Crippen LogP contribution >= 0.6 is 23.2 Å². The first-order valence-electron chi connectivity index (χ1n) is 14.3. The molecule has 3 aliphatic carbocycles. The molecule has 3 amide bonds. The second kappa shape index (κ2) is 10.4. The smallest absolute Gasteiger partial charge is 0.248 e. The number of benzene rings is 4. The largest absolute Gasteiger partial charge is 0.497 e. The topological polar surface area (TPSA) is 84.9 Å². The SMILES string of the molecule is COc1ccc(NC(=O)[C@H](Cc2ccccc2)N2C(=O)[C@@H]3[C@H](C2=O)C2(Cl)c4ccccc4C3(Cl)c3ccccc32)c(OC)c1. The van der Waals surface area contributed by atoms with Gasteiger partial charge >= 0.3 is 0 Å². The highest BCUT2D eigenvalue weighted by Gasteiger charge is 2.73. The number of methoxy groups -OCH3 is 2. The molecule has 0 spiro atoms. The maximum Gasteiger partial charge on any atom is 0.248 e. The molecule has 4 aliphatic rings. The van der Waals surface area contributed by atoms with Crippen LogP contribution in [0.1, 0.15) is 27.8 Å². The first-order chi connectivity index (χ1) is 21.2. The Kier molecular flexibility index (Phi) is 6.72. The molecule has 2 bridgehead atoms. The summed E-state index contributed by atoms with van der Waals surface area (Å²) in [6.45, 7) is 0. The van der Waals surface area contributed by atoms with Crippen molar-refractivity contribution in [2.45, 2.75) is 22.2 Å². The van der Waals surface area contributed by atoms with Gasteiger partial charge in [-0.3, -0.25) is 19.3 Å². The van der Waals surface area contributed by atoms with Crippen molar-refractivity contribution in [1.29, 1.82) is 0 Å². The van der Waals surface area contributed by atoms with Crippen molar-refractivity contribution >= 4 is 46.6 Å². The van der Waals surface area contributed by atoms with E-state index in [9.17, 15) is 14.4 Å². The summed E-state index contributed by atoms with van der Waals surface area (Å²) in [4.78, 5) is 41.9. The number of carbonyl (C=O) groups excluding carboxylic acids is 3. The van der Waals surface area contributed by atoms with E-state index in [1.54, 1.807) is 18.2 Å². The Morgan fingerprint density at radius 3 is 1.75 bits per heavy atom. The van der Waals surface area contributed by atoms with E-state index in [0.29, 0.717) is 39.4 Å². The third kappa shape index (κ3) is 3.85. The van der Waals surface area contributed by atoms with Crippen LogP contribution in [0, 0.1) is 11.8 Å². The highest BCUT2D eigenvalue weighted by Crippen LogP contribution is 2.69. The monoisotopic (exact) mass is 626 g/mol. The zero-order valence-electron chi connectivity index (χ0n) is 23.9. The highest BCUT2D eigenvalue weighted by atomic mass is 35.5. The Balaban J connectivity index is 1.35. The van der Waals surface area contributed by atoms with Crippen LogP contribution < -0.4 is 14.8 Å². The fraction of sp³-hybridized carbons (Fsp3) is 0.229. The predicted molar refractivity (Wildman–Crippen MR) is 167 cm³/mol. The molecule has 8 rings (SSSR count). The Morgan fingerprint density at radius 2 is 1.27 bits per heavy atom. The van der Waals surface area contributed by atoms with Crippen molar-refractivity contribution in [1.82, 2.24) is 4.90 Å². The number of hydrogen-bond donors (Lipinski definition) is 1. The quantitative estimate of drug-likeness (QED) is 0.206. The number of halogens is 2. The van der Waals surface area contributed by atoms with Crippen molar-refractivity contribution in [3.63, 3.8) is 0 Å². The summed E-state index contributed by atoms with van der Waals surface area (Å²) in [7, 11) is 3.01. The molecule has 44 heavy (non-hydrogen) atoms. The Bertz CT molecular complexity index is 1710. The summed E-state index contributed by atoms with van der Waals surface area (Å²) in [5, 5.41) is 2.89. The van der Waals surface area contributed by atoms with Crippen molar-refractivity contribution in [3.05, 3.63) is 125 Å². The van der Waals surface area contributed by atoms with Crippen LogP contribution in [0.5, 0.6) is 11.5 Å². The van der Waals surface area contributed by atoms with Gasteiger partial charge in [0, 0.05) is 12.5 Å². The van der Waals surface area contributed by atoms with E-state index in [4.69, 9.17) is 32.7 Å². The zero-order valence-corrected chi connectivity index (χ0v) is 25.4. The minimum absolute atomic E-state index is 0.0898. The average Bonchev–Trinajstić information content (AvgIpc) is 3.33. The second-order valence-corrected chi connectivity index (χ2v) is 12.5. The predicted octanol–water partition coefficient (Wildman–Crippen LogP) is 5.85. The molecule has 4 aromatic rings. The van der Waals surface area contributed by atoms with Crippen molar-refractivity contribution in [2.75, 3.05) is 19.5 Å². The van der Waals surface area contributed by atoms with Crippen molar-refractivity contribution in [2.24, 2.45) is 11.8 Å². The van der Waals surface area contributed by atoms with Gasteiger partial charge in [0.15, 0.2) is 0 Å². The van der Waals surface area contributed by atoms with Crippen molar-refractivity contribution in [3.8, 4) is 11.5 Å². The highest BCUT2D eigenvalue weighted by molar-refractivity contribution is 6.36. The summed E-state index contributed by atoms with van der Waals surface area (Å²) < 4.78 is 10.8. The Hall–Kier alpha value is -4.33. The normalized spacial score (nSPS) is 25.1. The van der Waals surface area contributed by atoms with Gasteiger partial charge in [0.2, 0.25) is 17.7 Å². The molecule has 0 saturated carbocycles. The average molecular weight is 628 g/mol. The van der Waals surface area contributed by atoms with Crippen molar-refractivity contribution < 1.29 is 23.9 Å². The van der Waals surface area contributed by atoms with Crippen LogP contribution in [0.4, 0.5) is 5.69 Å². The number of likely N-dealkylation sites (tertiary alicyclic amines) is 1. The molecule has 0 radical (unpaired) electrons. The number of anilines is 1. The third-order valence-electron chi connectivity index (χ3n) is 9.17. The minimum atomic E-state index is -1.34. The van der Waals surface area contributed by atoms with Gasteiger partial charge in [-0.1, -0.05) is 78.9 Å². The summed E-state index contributed by atoms with van der Waals surface area (Å²) >= 11 is 15.2. The lowest BCUT2D eigenvalue weighted by Crippen LogP contribution is -2.57. The number of imide groups is 1. The molecule has 1 fully saturated rings. The molecule has 1 saturated heterocycles. The number of alkyl halides is 2.